The Morgan fingerprint density at radius 3 is 2.90 bits per heavy atom. The summed E-state index contributed by atoms with van der Waals surface area (Å²) in [6.07, 6.45) is 7.77. The number of carbonyl (C=O) groups excluding carboxylic acids is 1. The fourth-order valence-electron chi connectivity index (χ4n) is 3.33. The highest BCUT2D eigenvalue weighted by atomic mass is 79.9. The molecule has 4 heteroatoms. The molecule has 0 unspecified atom stereocenters. The predicted octanol–water partition coefficient (Wildman–Crippen LogP) is 3.75. The van der Waals surface area contributed by atoms with E-state index in [1.54, 1.807) is 0 Å². The van der Waals surface area contributed by atoms with Crippen molar-refractivity contribution in [3.05, 3.63) is 51.3 Å². The second-order valence-electron chi connectivity index (χ2n) is 5.80. The zero-order valence-electron chi connectivity index (χ0n) is 11.7. The number of rotatable bonds is 2. The van der Waals surface area contributed by atoms with E-state index >= 15 is 0 Å². The number of ketones is 1. The summed E-state index contributed by atoms with van der Waals surface area (Å²) in [4.78, 5) is 11.9. The lowest BCUT2D eigenvalue weighted by atomic mass is 9.95. The molecule has 0 spiro atoms. The summed E-state index contributed by atoms with van der Waals surface area (Å²) in [6, 6.07) is 4.25. The van der Waals surface area contributed by atoms with Gasteiger partial charge in [-0.25, -0.2) is 0 Å². The van der Waals surface area contributed by atoms with Crippen molar-refractivity contribution in [3.63, 3.8) is 0 Å². The Morgan fingerprint density at radius 1 is 1.14 bits per heavy atom. The molecular weight excluding hydrogens is 330 g/mol. The van der Waals surface area contributed by atoms with E-state index in [-0.39, 0.29) is 5.78 Å². The number of nitrogens with zero attached hydrogens (tertiary/aromatic N) is 1. The SMILES string of the molecule is O=C1CCCc2cn(Cc3cc(Br)cc4c3OCC4)cc21. The highest BCUT2D eigenvalue weighted by Crippen LogP contribution is 2.34. The minimum Gasteiger partial charge on any atom is -0.493 e. The number of hydrogen-bond donors (Lipinski definition) is 0. The van der Waals surface area contributed by atoms with Gasteiger partial charge in [0.2, 0.25) is 0 Å². The molecule has 4 rings (SSSR count). The minimum absolute atomic E-state index is 0.283. The van der Waals surface area contributed by atoms with Crippen LogP contribution < -0.4 is 4.74 Å². The van der Waals surface area contributed by atoms with E-state index in [0.29, 0.717) is 6.42 Å². The van der Waals surface area contributed by atoms with Crippen LogP contribution in [0, 0.1) is 0 Å². The van der Waals surface area contributed by atoms with Gasteiger partial charge in [-0.1, -0.05) is 15.9 Å². The monoisotopic (exact) mass is 345 g/mol. The van der Waals surface area contributed by atoms with Crippen molar-refractivity contribution in [1.82, 2.24) is 4.57 Å². The molecule has 3 nitrogen and oxygen atoms in total. The first kappa shape index (κ1) is 13.1. The van der Waals surface area contributed by atoms with Crippen LogP contribution in [0.4, 0.5) is 0 Å². The number of carbonyl (C=O) groups is 1. The summed E-state index contributed by atoms with van der Waals surface area (Å²) in [7, 11) is 0. The molecule has 0 saturated carbocycles. The third kappa shape index (κ3) is 2.31. The van der Waals surface area contributed by atoms with Gasteiger partial charge in [-0.15, -0.1) is 0 Å². The second kappa shape index (κ2) is 5.02. The first-order chi connectivity index (χ1) is 10.2. The lowest BCUT2D eigenvalue weighted by Crippen LogP contribution is -2.07. The summed E-state index contributed by atoms with van der Waals surface area (Å²) in [6.45, 7) is 1.52. The topological polar surface area (TPSA) is 31.2 Å². The fraction of sp³-hybridized carbons (Fsp3) is 0.353. The molecule has 1 aliphatic heterocycles. The maximum Gasteiger partial charge on any atom is 0.164 e. The maximum atomic E-state index is 11.9. The van der Waals surface area contributed by atoms with Crippen molar-refractivity contribution in [2.45, 2.75) is 32.2 Å². The van der Waals surface area contributed by atoms with Crippen LogP contribution in [0.5, 0.6) is 5.75 Å². The van der Waals surface area contributed by atoms with Crippen LogP contribution in [-0.2, 0) is 19.4 Å². The Labute approximate surface area is 132 Å². The van der Waals surface area contributed by atoms with E-state index in [4.69, 9.17) is 4.74 Å². The first-order valence-corrected chi connectivity index (χ1v) is 8.16. The van der Waals surface area contributed by atoms with Gasteiger partial charge < -0.3 is 9.30 Å². The fourth-order valence-corrected chi connectivity index (χ4v) is 3.88. The second-order valence-corrected chi connectivity index (χ2v) is 6.71. The summed E-state index contributed by atoms with van der Waals surface area (Å²) >= 11 is 3.58. The van der Waals surface area contributed by atoms with Crippen LogP contribution in [0.1, 0.15) is 39.9 Å². The maximum absolute atomic E-state index is 11.9. The number of benzene rings is 1. The van der Waals surface area contributed by atoms with Gasteiger partial charge >= 0.3 is 0 Å². The van der Waals surface area contributed by atoms with Crippen molar-refractivity contribution >= 4 is 21.7 Å². The molecule has 2 aliphatic rings. The molecule has 0 bridgehead atoms. The number of halogens is 1. The Morgan fingerprint density at radius 2 is 2.05 bits per heavy atom. The van der Waals surface area contributed by atoms with Crippen molar-refractivity contribution < 1.29 is 9.53 Å². The zero-order chi connectivity index (χ0) is 14.4. The Hall–Kier alpha value is -1.55. The average molecular weight is 346 g/mol. The van der Waals surface area contributed by atoms with E-state index in [2.05, 4.69) is 38.8 Å². The molecule has 2 heterocycles. The third-order valence-corrected chi connectivity index (χ3v) is 4.75. The van der Waals surface area contributed by atoms with Crippen LogP contribution in [0.2, 0.25) is 0 Å². The van der Waals surface area contributed by atoms with Gasteiger partial charge in [0, 0.05) is 40.8 Å². The third-order valence-electron chi connectivity index (χ3n) is 4.29. The molecule has 0 fully saturated rings. The van der Waals surface area contributed by atoms with Crippen molar-refractivity contribution in [2.75, 3.05) is 6.61 Å². The van der Waals surface area contributed by atoms with Gasteiger partial charge in [0.1, 0.15) is 5.75 Å². The molecule has 0 amide bonds. The lowest BCUT2D eigenvalue weighted by Gasteiger charge is -2.10. The van der Waals surface area contributed by atoms with Gasteiger partial charge in [-0.3, -0.25) is 4.79 Å². The van der Waals surface area contributed by atoms with E-state index in [1.165, 1.54) is 16.7 Å². The van der Waals surface area contributed by atoms with Gasteiger partial charge in [0.05, 0.1) is 13.2 Å². The van der Waals surface area contributed by atoms with E-state index < -0.39 is 0 Å². The molecule has 0 radical (unpaired) electrons. The molecule has 108 valence electrons. The number of ether oxygens (including phenoxy) is 1. The molecule has 0 atom stereocenters. The smallest absolute Gasteiger partial charge is 0.164 e. The number of aryl methyl sites for hydroxylation is 1. The van der Waals surface area contributed by atoms with E-state index in [1.807, 2.05) is 6.20 Å². The lowest BCUT2D eigenvalue weighted by molar-refractivity contribution is 0.0973. The van der Waals surface area contributed by atoms with Crippen LogP contribution in [0.15, 0.2) is 29.0 Å². The molecule has 2 aromatic rings. The van der Waals surface area contributed by atoms with Crippen LogP contribution in [0.25, 0.3) is 0 Å². The van der Waals surface area contributed by atoms with Crippen molar-refractivity contribution in [2.24, 2.45) is 0 Å². The Balaban J connectivity index is 1.70. The molecule has 0 N–H and O–H groups in total. The van der Waals surface area contributed by atoms with Crippen LogP contribution >= 0.6 is 15.9 Å². The molecule has 1 aromatic heterocycles. The highest BCUT2D eigenvalue weighted by molar-refractivity contribution is 9.10. The number of fused-ring (bicyclic) bond motifs is 2. The average Bonchev–Trinajstić information content (AvgIpc) is 3.05. The predicted molar refractivity (Wildman–Crippen MR) is 84.1 cm³/mol. The summed E-state index contributed by atoms with van der Waals surface area (Å²) in [5.41, 5.74) is 4.55. The molecule has 0 saturated heterocycles. The first-order valence-electron chi connectivity index (χ1n) is 7.36. The van der Waals surface area contributed by atoms with Gasteiger partial charge in [-0.05, 0) is 36.1 Å². The van der Waals surface area contributed by atoms with Crippen LogP contribution in [0.3, 0.4) is 0 Å². The number of hydrogen-bond acceptors (Lipinski definition) is 2. The quantitative estimate of drug-likeness (QED) is 0.829. The highest BCUT2D eigenvalue weighted by Gasteiger charge is 2.21. The van der Waals surface area contributed by atoms with Gasteiger partial charge in [0.15, 0.2) is 5.78 Å². The normalized spacial score (nSPS) is 16.5. The van der Waals surface area contributed by atoms with Crippen molar-refractivity contribution in [3.8, 4) is 5.75 Å². The largest absolute Gasteiger partial charge is 0.493 e. The van der Waals surface area contributed by atoms with Crippen molar-refractivity contribution in [1.29, 1.82) is 0 Å². The molecular formula is C17H16BrNO2. The number of Topliss-reactive ketones (excluding diaryl/α,β-unsaturated/α-hetero) is 1. The van der Waals surface area contributed by atoms with E-state index in [0.717, 1.165) is 48.2 Å². The summed E-state index contributed by atoms with van der Waals surface area (Å²) < 4.78 is 8.99. The summed E-state index contributed by atoms with van der Waals surface area (Å²) in [5, 5.41) is 0. The minimum atomic E-state index is 0.283. The van der Waals surface area contributed by atoms with Crippen LogP contribution in [-0.4, -0.2) is 17.0 Å². The zero-order valence-corrected chi connectivity index (χ0v) is 13.3. The standard InChI is InChI=1S/C17H16BrNO2/c18-14-6-11-4-5-21-17(11)13(7-14)9-19-8-12-2-1-3-16(20)15(12)10-19/h6-8,10H,1-5,9H2. The Bertz CT molecular complexity index is 733. The molecule has 1 aliphatic carbocycles. The number of aromatic nitrogens is 1. The summed E-state index contributed by atoms with van der Waals surface area (Å²) in [5.74, 6) is 1.31. The molecule has 21 heavy (non-hydrogen) atoms. The van der Waals surface area contributed by atoms with Gasteiger partial charge in [-0.2, -0.15) is 0 Å². The van der Waals surface area contributed by atoms with E-state index in [9.17, 15) is 4.79 Å². The van der Waals surface area contributed by atoms with Gasteiger partial charge in [0.25, 0.3) is 0 Å². The Kier molecular flexibility index (Phi) is 3.14. The molecule has 1 aromatic carbocycles.